The second-order valence-electron chi connectivity index (χ2n) is 5.90. The number of nitro groups is 2. The van der Waals surface area contributed by atoms with Crippen LogP contribution in [0.25, 0.3) is 0 Å². The molecule has 0 heterocycles. The first-order valence-corrected chi connectivity index (χ1v) is 11.4. The van der Waals surface area contributed by atoms with E-state index in [0.29, 0.717) is 0 Å². The van der Waals surface area contributed by atoms with Crippen molar-refractivity contribution in [2.45, 2.75) is 16.7 Å². The first kappa shape index (κ1) is 23.3. The highest BCUT2D eigenvalue weighted by Gasteiger charge is 2.24. The average Bonchev–Trinajstić information content (AvgIpc) is 2.71. The maximum atomic E-state index is 12.7. The highest BCUT2D eigenvalue weighted by Crippen LogP contribution is 2.20. The van der Waals surface area contributed by atoms with Crippen molar-refractivity contribution < 1.29 is 26.7 Å². The normalized spacial score (nSPS) is 12.1. The number of rotatable bonds is 10. The van der Waals surface area contributed by atoms with Gasteiger partial charge in [0.15, 0.2) is 0 Å². The van der Waals surface area contributed by atoms with E-state index in [1.807, 2.05) is 0 Å². The van der Waals surface area contributed by atoms with Gasteiger partial charge in [0.05, 0.1) is 19.6 Å². The van der Waals surface area contributed by atoms with Gasteiger partial charge in [0.2, 0.25) is 20.0 Å². The quantitative estimate of drug-likeness (QED) is 0.412. The van der Waals surface area contributed by atoms with Crippen molar-refractivity contribution in [3.8, 4) is 0 Å². The lowest BCUT2D eigenvalue weighted by atomic mass is 10.3. The number of benzene rings is 2. The molecule has 30 heavy (non-hydrogen) atoms. The highest BCUT2D eigenvalue weighted by atomic mass is 32.2. The van der Waals surface area contributed by atoms with Crippen molar-refractivity contribution in [3.05, 3.63) is 68.8 Å². The Balaban J connectivity index is 2.08. The minimum absolute atomic E-state index is 0.0403. The topological polar surface area (TPSA) is 170 Å². The number of nitrogens with one attached hydrogen (secondary N) is 1. The number of hydrogen-bond acceptors (Lipinski definition) is 8. The van der Waals surface area contributed by atoms with Gasteiger partial charge in [-0.25, -0.2) is 21.6 Å². The summed E-state index contributed by atoms with van der Waals surface area (Å²) in [6, 6.07) is 8.60. The molecule has 0 bridgehead atoms. The fourth-order valence-electron chi connectivity index (χ4n) is 2.47. The Kier molecular flexibility index (Phi) is 7.20. The first-order chi connectivity index (χ1) is 14.0. The molecule has 0 amide bonds. The zero-order valence-electron chi connectivity index (χ0n) is 15.7. The molecule has 2 rings (SSSR count). The van der Waals surface area contributed by atoms with E-state index in [1.54, 1.807) is 6.92 Å². The Morgan fingerprint density at radius 3 is 1.67 bits per heavy atom. The third kappa shape index (κ3) is 5.35. The molecule has 14 heteroatoms. The van der Waals surface area contributed by atoms with Crippen LogP contribution >= 0.6 is 0 Å². The van der Waals surface area contributed by atoms with Crippen molar-refractivity contribution >= 4 is 31.4 Å². The number of non-ortho nitro benzene ring substituents is 2. The van der Waals surface area contributed by atoms with Gasteiger partial charge in [-0.1, -0.05) is 6.92 Å². The minimum atomic E-state index is -4.00. The molecular weight excluding hydrogens is 440 g/mol. The van der Waals surface area contributed by atoms with E-state index in [2.05, 4.69) is 4.72 Å². The Morgan fingerprint density at radius 1 is 0.833 bits per heavy atom. The summed E-state index contributed by atoms with van der Waals surface area (Å²) in [6.45, 7) is 1.16. The van der Waals surface area contributed by atoms with Gasteiger partial charge in [0.25, 0.3) is 11.4 Å². The summed E-state index contributed by atoms with van der Waals surface area (Å²) in [5, 5.41) is 21.4. The molecule has 0 aliphatic carbocycles. The van der Waals surface area contributed by atoms with Crippen molar-refractivity contribution in [1.29, 1.82) is 0 Å². The summed E-state index contributed by atoms with van der Waals surface area (Å²) >= 11 is 0. The van der Waals surface area contributed by atoms with Crippen LogP contribution in [0.15, 0.2) is 58.3 Å². The maximum Gasteiger partial charge on any atom is 0.269 e. The van der Waals surface area contributed by atoms with E-state index in [0.717, 1.165) is 52.8 Å². The fourth-order valence-corrected chi connectivity index (χ4v) is 4.94. The Hall–Kier alpha value is -2.94. The summed E-state index contributed by atoms with van der Waals surface area (Å²) in [4.78, 5) is 19.7. The van der Waals surface area contributed by atoms with Gasteiger partial charge < -0.3 is 0 Å². The summed E-state index contributed by atoms with van der Waals surface area (Å²) in [7, 11) is -7.99. The average molecular weight is 458 g/mol. The zero-order valence-corrected chi connectivity index (χ0v) is 17.3. The van der Waals surface area contributed by atoms with Crippen molar-refractivity contribution in [3.63, 3.8) is 0 Å². The summed E-state index contributed by atoms with van der Waals surface area (Å²) in [5.41, 5.74) is -0.520. The minimum Gasteiger partial charge on any atom is -0.258 e. The van der Waals surface area contributed by atoms with E-state index in [-0.39, 0.29) is 40.8 Å². The van der Waals surface area contributed by atoms with Crippen LogP contribution < -0.4 is 4.72 Å². The number of likely N-dealkylation sites (N-methyl/N-ethyl adjacent to an activating group) is 1. The Morgan fingerprint density at radius 2 is 1.27 bits per heavy atom. The van der Waals surface area contributed by atoms with Crippen LogP contribution in [0.3, 0.4) is 0 Å². The molecular formula is C16H18N4O8S2. The van der Waals surface area contributed by atoms with E-state index >= 15 is 0 Å². The lowest BCUT2D eigenvalue weighted by Gasteiger charge is -2.20. The molecule has 0 radical (unpaired) electrons. The highest BCUT2D eigenvalue weighted by molar-refractivity contribution is 7.89. The molecule has 2 aromatic rings. The van der Waals surface area contributed by atoms with Gasteiger partial charge in [0, 0.05) is 43.9 Å². The molecule has 0 aliphatic rings. The smallest absolute Gasteiger partial charge is 0.258 e. The molecule has 0 spiro atoms. The predicted molar refractivity (Wildman–Crippen MR) is 106 cm³/mol. The van der Waals surface area contributed by atoms with Gasteiger partial charge >= 0.3 is 0 Å². The first-order valence-electron chi connectivity index (χ1n) is 8.47. The van der Waals surface area contributed by atoms with Crippen LogP contribution in [0.4, 0.5) is 11.4 Å². The van der Waals surface area contributed by atoms with Crippen molar-refractivity contribution in [2.75, 3.05) is 19.6 Å². The molecule has 0 aromatic heterocycles. The van der Waals surface area contributed by atoms with Crippen LogP contribution in [-0.4, -0.2) is 50.6 Å². The molecule has 162 valence electrons. The number of hydrogen-bond donors (Lipinski definition) is 1. The summed E-state index contributed by atoms with van der Waals surface area (Å²) in [6.07, 6.45) is 0. The van der Waals surface area contributed by atoms with Gasteiger partial charge in [0.1, 0.15) is 0 Å². The second-order valence-corrected chi connectivity index (χ2v) is 9.60. The molecule has 0 aliphatic heterocycles. The van der Waals surface area contributed by atoms with Gasteiger partial charge in [-0.2, -0.15) is 4.31 Å². The van der Waals surface area contributed by atoms with Crippen LogP contribution in [0, 0.1) is 20.2 Å². The van der Waals surface area contributed by atoms with Crippen LogP contribution in [0.1, 0.15) is 6.92 Å². The number of nitro benzene ring substituents is 2. The molecule has 12 nitrogen and oxygen atoms in total. The molecule has 1 N–H and O–H groups in total. The molecule has 0 saturated heterocycles. The van der Waals surface area contributed by atoms with Crippen molar-refractivity contribution in [2.24, 2.45) is 0 Å². The fraction of sp³-hybridized carbons (Fsp3) is 0.250. The Bertz CT molecular complexity index is 1130. The van der Waals surface area contributed by atoms with E-state index in [9.17, 15) is 37.1 Å². The summed E-state index contributed by atoms with van der Waals surface area (Å²) in [5.74, 6) is 0. The standard InChI is InChI=1S/C16H18N4O8S2/c1-2-18(30(27,28)16-9-5-14(6-10-16)20(23)24)12-11-17-29(25,26)15-7-3-13(4-8-15)19(21)22/h3-10,17H,2,11-12H2,1H3. The number of nitrogens with zero attached hydrogens (tertiary/aromatic N) is 3. The molecule has 2 aromatic carbocycles. The molecule has 0 fully saturated rings. The lowest BCUT2D eigenvalue weighted by Crippen LogP contribution is -2.38. The van der Waals surface area contributed by atoms with Crippen LogP contribution in [0.2, 0.25) is 0 Å². The van der Waals surface area contributed by atoms with Gasteiger partial charge in [-0.15, -0.1) is 0 Å². The van der Waals surface area contributed by atoms with Crippen LogP contribution in [0.5, 0.6) is 0 Å². The Labute approximate surface area is 172 Å². The maximum absolute atomic E-state index is 12.7. The van der Waals surface area contributed by atoms with Crippen LogP contribution in [-0.2, 0) is 20.0 Å². The van der Waals surface area contributed by atoms with Crippen molar-refractivity contribution in [1.82, 2.24) is 9.03 Å². The largest absolute Gasteiger partial charge is 0.269 e. The summed E-state index contributed by atoms with van der Waals surface area (Å²) < 4.78 is 53.2. The second kappa shape index (κ2) is 9.25. The third-order valence-corrected chi connectivity index (χ3v) is 7.51. The van der Waals surface area contributed by atoms with Gasteiger partial charge in [-0.3, -0.25) is 20.2 Å². The number of sulfonamides is 2. The van der Waals surface area contributed by atoms with E-state index in [1.165, 1.54) is 0 Å². The lowest BCUT2D eigenvalue weighted by molar-refractivity contribution is -0.385. The predicted octanol–water partition coefficient (Wildman–Crippen LogP) is 1.49. The van der Waals surface area contributed by atoms with Gasteiger partial charge in [-0.05, 0) is 24.3 Å². The molecule has 0 unspecified atom stereocenters. The van der Waals surface area contributed by atoms with E-state index < -0.39 is 29.9 Å². The van der Waals surface area contributed by atoms with E-state index in [4.69, 9.17) is 0 Å². The zero-order chi connectivity index (χ0) is 22.5. The molecule has 0 saturated carbocycles. The SMILES string of the molecule is CCN(CCNS(=O)(=O)c1ccc([N+](=O)[O-])cc1)S(=O)(=O)c1ccc([N+](=O)[O-])cc1. The monoisotopic (exact) mass is 458 g/mol. The molecule has 0 atom stereocenters. The third-order valence-electron chi connectivity index (χ3n) is 4.05.